The van der Waals surface area contributed by atoms with Crippen LogP contribution in [0, 0.1) is 5.82 Å². The van der Waals surface area contributed by atoms with Gasteiger partial charge in [-0.15, -0.1) is 0 Å². The third kappa shape index (κ3) is 5.44. The second-order valence-electron chi connectivity index (χ2n) is 10.2. The van der Waals surface area contributed by atoms with Gasteiger partial charge in [0, 0.05) is 30.4 Å². The molecule has 1 aromatic heterocycles. The Morgan fingerprint density at radius 3 is 2.56 bits per heavy atom. The third-order valence-electron chi connectivity index (χ3n) is 7.41. The summed E-state index contributed by atoms with van der Waals surface area (Å²) in [5.41, 5.74) is -0.732. The zero-order valence-corrected chi connectivity index (χ0v) is 20.9. The lowest BCUT2D eigenvalue weighted by Crippen LogP contribution is -2.42. The number of pyridine rings is 1. The summed E-state index contributed by atoms with van der Waals surface area (Å²) in [6, 6.07) is 4.47. The molecule has 2 saturated heterocycles. The highest BCUT2D eigenvalue weighted by atomic mass is 19.3. The standard InChI is InChI=1S/C26H34F3N5O2/c1-16(18-5-4-6-19(23(18)27)24(28)29)31-25(36)20-14-34(26(2)9-10-30-15-26)22(35)13-21(20)32-17-7-11-33(3)12-8-17/h4-6,13-14,16-17,24,30,32H,7-12,15H2,1-3H3,(H,31,36). The average Bonchev–Trinajstić information content (AvgIpc) is 3.27. The van der Waals surface area contributed by atoms with Crippen LogP contribution >= 0.6 is 0 Å². The number of alkyl halides is 2. The number of aromatic nitrogens is 1. The number of hydrogen-bond acceptors (Lipinski definition) is 5. The number of rotatable bonds is 7. The Morgan fingerprint density at radius 2 is 1.92 bits per heavy atom. The molecule has 0 bridgehead atoms. The first-order valence-electron chi connectivity index (χ1n) is 12.4. The molecular weight excluding hydrogens is 471 g/mol. The number of hydrogen-bond donors (Lipinski definition) is 3. The monoisotopic (exact) mass is 505 g/mol. The van der Waals surface area contributed by atoms with E-state index in [1.54, 1.807) is 17.7 Å². The number of piperidine rings is 1. The van der Waals surface area contributed by atoms with Gasteiger partial charge in [-0.25, -0.2) is 13.2 Å². The van der Waals surface area contributed by atoms with Crippen LogP contribution in [0.2, 0.25) is 0 Å². The largest absolute Gasteiger partial charge is 0.381 e. The van der Waals surface area contributed by atoms with Crippen LogP contribution in [0.5, 0.6) is 0 Å². The first-order chi connectivity index (χ1) is 17.1. The molecule has 196 valence electrons. The molecule has 2 aliphatic heterocycles. The van der Waals surface area contributed by atoms with Gasteiger partial charge in [0.2, 0.25) is 0 Å². The van der Waals surface area contributed by atoms with Crippen LogP contribution in [0.4, 0.5) is 18.9 Å². The van der Waals surface area contributed by atoms with Gasteiger partial charge in [-0.1, -0.05) is 18.2 Å². The van der Waals surface area contributed by atoms with Crippen molar-refractivity contribution in [3.8, 4) is 0 Å². The van der Waals surface area contributed by atoms with Crippen molar-refractivity contribution < 1.29 is 18.0 Å². The van der Waals surface area contributed by atoms with Crippen molar-refractivity contribution in [1.29, 1.82) is 0 Å². The minimum Gasteiger partial charge on any atom is -0.381 e. The van der Waals surface area contributed by atoms with E-state index in [1.807, 2.05) is 6.92 Å². The van der Waals surface area contributed by atoms with Crippen molar-refractivity contribution in [2.24, 2.45) is 0 Å². The summed E-state index contributed by atoms with van der Waals surface area (Å²) in [6.45, 7) is 6.67. The molecule has 2 atom stereocenters. The second-order valence-corrected chi connectivity index (χ2v) is 10.2. The molecule has 1 amide bonds. The van der Waals surface area contributed by atoms with Gasteiger partial charge in [-0.05, 0) is 59.8 Å². The first-order valence-corrected chi connectivity index (χ1v) is 12.4. The maximum Gasteiger partial charge on any atom is 0.266 e. The molecule has 7 nitrogen and oxygen atoms in total. The Morgan fingerprint density at radius 1 is 1.22 bits per heavy atom. The Hall–Kier alpha value is -2.85. The predicted octanol–water partition coefficient (Wildman–Crippen LogP) is 3.63. The van der Waals surface area contributed by atoms with E-state index in [2.05, 4.69) is 27.9 Å². The zero-order valence-electron chi connectivity index (χ0n) is 20.9. The van der Waals surface area contributed by atoms with E-state index in [1.165, 1.54) is 18.2 Å². The van der Waals surface area contributed by atoms with Crippen LogP contribution in [-0.4, -0.2) is 54.6 Å². The number of benzene rings is 1. The quantitative estimate of drug-likeness (QED) is 0.536. The van der Waals surface area contributed by atoms with E-state index in [4.69, 9.17) is 0 Å². The first kappa shape index (κ1) is 26.2. The minimum absolute atomic E-state index is 0.0220. The molecule has 2 aromatic rings. The third-order valence-corrected chi connectivity index (χ3v) is 7.41. The molecule has 0 saturated carbocycles. The van der Waals surface area contributed by atoms with Gasteiger partial charge in [-0.2, -0.15) is 0 Å². The van der Waals surface area contributed by atoms with Crippen LogP contribution in [0.1, 0.15) is 67.1 Å². The van der Waals surface area contributed by atoms with Gasteiger partial charge in [0.1, 0.15) is 5.82 Å². The number of nitrogens with zero attached hydrogens (tertiary/aromatic N) is 2. The minimum atomic E-state index is -2.96. The van der Waals surface area contributed by atoms with Gasteiger partial charge in [-0.3, -0.25) is 9.59 Å². The maximum atomic E-state index is 14.7. The van der Waals surface area contributed by atoms with E-state index in [-0.39, 0.29) is 22.7 Å². The summed E-state index contributed by atoms with van der Waals surface area (Å²) in [6.07, 6.45) is 1.08. The molecule has 1 aromatic carbocycles. The summed E-state index contributed by atoms with van der Waals surface area (Å²) < 4.78 is 42.7. The molecule has 0 spiro atoms. The van der Waals surface area contributed by atoms with Gasteiger partial charge in [0.25, 0.3) is 17.9 Å². The molecule has 2 unspecified atom stereocenters. The molecule has 3 N–H and O–H groups in total. The van der Waals surface area contributed by atoms with Crippen molar-refractivity contribution in [3.05, 3.63) is 63.3 Å². The van der Waals surface area contributed by atoms with Crippen LogP contribution in [0.15, 0.2) is 35.3 Å². The van der Waals surface area contributed by atoms with Gasteiger partial charge in [0.15, 0.2) is 0 Å². The summed E-state index contributed by atoms with van der Waals surface area (Å²) in [5.74, 6) is -1.54. The summed E-state index contributed by atoms with van der Waals surface area (Å²) in [7, 11) is 2.05. The second kappa shape index (κ2) is 10.6. The van der Waals surface area contributed by atoms with Crippen molar-refractivity contribution in [2.45, 2.75) is 57.2 Å². The number of likely N-dealkylation sites (tertiary alicyclic amines) is 1. The number of amides is 1. The van der Waals surface area contributed by atoms with Crippen molar-refractivity contribution in [2.75, 3.05) is 38.5 Å². The molecule has 0 radical (unpaired) electrons. The lowest BCUT2D eigenvalue weighted by atomic mass is 9.99. The normalized spacial score (nSPS) is 22.1. The lowest BCUT2D eigenvalue weighted by molar-refractivity contribution is 0.0938. The molecule has 2 aliphatic rings. The number of anilines is 1. The number of halogens is 3. The van der Waals surface area contributed by atoms with Crippen LogP contribution in [-0.2, 0) is 5.54 Å². The van der Waals surface area contributed by atoms with E-state index in [0.29, 0.717) is 12.2 Å². The van der Waals surface area contributed by atoms with E-state index < -0.39 is 35.3 Å². The Labute approximate surface area is 209 Å². The van der Waals surface area contributed by atoms with Crippen molar-refractivity contribution in [3.63, 3.8) is 0 Å². The van der Waals surface area contributed by atoms with Gasteiger partial charge >= 0.3 is 0 Å². The molecule has 2 fully saturated rings. The highest BCUT2D eigenvalue weighted by Gasteiger charge is 2.33. The highest BCUT2D eigenvalue weighted by molar-refractivity contribution is 5.99. The lowest BCUT2D eigenvalue weighted by Gasteiger charge is -2.32. The molecule has 0 aliphatic carbocycles. The highest BCUT2D eigenvalue weighted by Crippen LogP contribution is 2.29. The van der Waals surface area contributed by atoms with Crippen molar-refractivity contribution in [1.82, 2.24) is 20.1 Å². The number of carbonyl (C=O) groups excluding carboxylic acids is 1. The SMILES string of the molecule is CC(NC(=O)c1cn(C2(C)CCNC2)c(=O)cc1NC1CCN(C)CC1)c1cccc(C(F)F)c1F. The zero-order chi connectivity index (χ0) is 26.0. The Kier molecular flexibility index (Phi) is 7.75. The summed E-state index contributed by atoms with van der Waals surface area (Å²) in [5, 5.41) is 9.39. The number of nitrogens with one attached hydrogen (secondary N) is 3. The van der Waals surface area contributed by atoms with Crippen LogP contribution in [0.3, 0.4) is 0 Å². The van der Waals surface area contributed by atoms with E-state index in [9.17, 15) is 22.8 Å². The van der Waals surface area contributed by atoms with E-state index in [0.717, 1.165) is 45.0 Å². The fourth-order valence-corrected chi connectivity index (χ4v) is 5.06. The Bertz CT molecular complexity index is 1150. The molecular formula is C26H34F3N5O2. The van der Waals surface area contributed by atoms with Crippen LogP contribution < -0.4 is 21.5 Å². The van der Waals surface area contributed by atoms with Crippen LogP contribution in [0.25, 0.3) is 0 Å². The predicted molar refractivity (Wildman–Crippen MR) is 133 cm³/mol. The fourth-order valence-electron chi connectivity index (χ4n) is 5.06. The smallest absolute Gasteiger partial charge is 0.266 e. The summed E-state index contributed by atoms with van der Waals surface area (Å²) >= 11 is 0. The molecule has 10 heteroatoms. The molecule has 3 heterocycles. The van der Waals surface area contributed by atoms with Gasteiger partial charge in [0.05, 0.1) is 28.4 Å². The molecule has 36 heavy (non-hydrogen) atoms. The maximum absolute atomic E-state index is 14.7. The number of carbonyl (C=O) groups is 1. The molecule has 4 rings (SSSR count). The summed E-state index contributed by atoms with van der Waals surface area (Å²) in [4.78, 5) is 28.8. The van der Waals surface area contributed by atoms with Gasteiger partial charge < -0.3 is 25.4 Å². The topological polar surface area (TPSA) is 78.4 Å². The average molecular weight is 506 g/mol. The Balaban J connectivity index is 1.66. The van der Waals surface area contributed by atoms with E-state index >= 15 is 0 Å². The fraction of sp³-hybridized carbons (Fsp3) is 0.538. The van der Waals surface area contributed by atoms with Crippen molar-refractivity contribution >= 4 is 11.6 Å².